The minimum absolute atomic E-state index is 0.179. The molecule has 0 aliphatic heterocycles. The van der Waals surface area contributed by atoms with Crippen molar-refractivity contribution in [2.75, 3.05) is 11.9 Å². The standard InChI is InChI=1S/C27H25N5O2/c1-4-34-20-12-13-24-22(15-20)16(2)28-26(30-24)32-27-29-17(3)23(25(33)31-27)14-19-10-7-9-18-8-5-6-11-21(18)19/h5-13,15H,4,14H2,1-3H3,(H2,28,29,30,31,32,33). The van der Waals surface area contributed by atoms with Crippen molar-refractivity contribution in [1.82, 2.24) is 19.9 Å². The van der Waals surface area contributed by atoms with Crippen LogP contribution in [-0.2, 0) is 6.42 Å². The molecule has 0 saturated heterocycles. The van der Waals surface area contributed by atoms with Gasteiger partial charge in [-0.2, -0.15) is 0 Å². The van der Waals surface area contributed by atoms with Gasteiger partial charge in [-0.15, -0.1) is 0 Å². The molecule has 5 rings (SSSR count). The maximum Gasteiger partial charge on any atom is 0.256 e. The topological polar surface area (TPSA) is 92.8 Å². The molecular formula is C27H25N5O2. The third-order valence-electron chi connectivity index (χ3n) is 5.87. The molecule has 0 fully saturated rings. The number of aromatic nitrogens is 4. The summed E-state index contributed by atoms with van der Waals surface area (Å²) in [5.74, 6) is 1.47. The van der Waals surface area contributed by atoms with Crippen LogP contribution in [0.3, 0.4) is 0 Å². The number of anilines is 2. The Hall–Kier alpha value is -4.26. The molecule has 7 heteroatoms. The number of rotatable bonds is 6. The Labute approximate surface area is 196 Å². The Balaban J connectivity index is 1.44. The summed E-state index contributed by atoms with van der Waals surface area (Å²) in [6, 6.07) is 20.0. The molecule has 34 heavy (non-hydrogen) atoms. The molecule has 0 unspecified atom stereocenters. The van der Waals surface area contributed by atoms with E-state index in [4.69, 9.17) is 4.74 Å². The lowest BCUT2D eigenvalue weighted by Gasteiger charge is -2.11. The summed E-state index contributed by atoms with van der Waals surface area (Å²) in [5.41, 5.74) is 3.81. The van der Waals surface area contributed by atoms with Crippen LogP contribution >= 0.6 is 0 Å². The first-order valence-corrected chi connectivity index (χ1v) is 11.3. The SMILES string of the molecule is CCOc1ccc2nc(Nc3nc(C)c(Cc4cccc5ccccc45)c(=O)[nH]3)nc(C)c2c1. The second-order valence-electron chi connectivity index (χ2n) is 8.16. The van der Waals surface area contributed by atoms with E-state index in [9.17, 15) is 4.79 Å². The Kier molecular flexibility index (Phi) is 5.67. The van der Waals surface area contributed by atoms with E-state index >= 15 is 0 Å². The van der Waals surface area contributed by atoms with Crippen molar-refractivity contribution in [2.24, 2.45) is 0 Å². The third kappa shape index (κ3) is 4.20. The number of nitrogens with zero attached hydrogens (tertiary/aromatic N) is 3. The van der Waals surface area contributed by atoms with E-state index in [2.05, 4.69) is 49.5 Å². The molecule has 0 radical (unpaired) electrons. The summed E-state index contributed by atoms with van der Waals surface area (Å²) in [6.45, 7) is 6.31. The van der Waals surface area contributed by atoms with Crippen molar-refractivity contribution >= 4 is 33.6 Å². The number of hydrogen-bond acceptors (Lipinski definition) is 6. The maximum atomic E-state index is 13.0. The monoisotopic (exact) mass is 451 g/mol. The average molecular weight is 452 g/mol. The van der Waals surface area contributed by atoms with Gasteiger partial charge < -0.3 is 4.74 Å². The molecule has 0 atom stereocenters. The highest BCUT2D eigenvalue weighted by molar-refractivity contribution is 5.86. The van der Waals surface area contributed by atoms with Crippen LogP contribution in [0.15, 0.2) is 65.5 Å². The van der Waals surface area contributed by atoms with Crippen molar-refractivity contribution < 1.29 is 4.74 Å². The number of nitrogens with one attached hydrogen (secondary N) is 2. The Bertz CT molecular complexity index is 1570. The molecular weight excluding hydrogens is 426 g/mol. The van der Waals surface area contributed by atoms with E-state index in [0.717, 1.165) is 38.7 Å². The van der Waals surface area contributed by atoms with Crippen LogP contribution in [0.5, 0.6) is 5.75 Å². The highest BCUT2D eigenvalue weighted by Gasteiger charge is 2.13. The first kappa shape index (κ1) is 21.6. The van der Waals surface area contributed by atoms with Crippen molar-refractivity contribution in [3.8, 4) is 5.75 Å². The van der Waals surface area contributed by atoms with Gasteiger partial charge in [0.15, 0.2) is 0 Å². The van der Waals surface area contributed by atoms with Crippen molar-refractivity contribution in [2.45, 2.75) is 27.2 Å². The molecule has 3 aromatic carbocycles. The molecule has 2 heterocycles. The van der Waals surface area contributed by atoms with Crippen LogP contribution in [0, 0.1) is 13.8 Å². The van der Waals surface area contributed by atoms with Crippen LogP contribution in [0.4, 0.5) is 11.9 Å². The number of ether oxygens (including phenoxy) is 1. The summed E-state index contributed by atoms with van der Waals surface area (Å²) >= 11 is 0. The molecule has 0 amide bonds. The first-order chi connectivity index (χ1) is 16.5. The summed E-state index contributed by atoms with van der Waals surface area (Å²) in [7, 11) is 0. The van der Waals surface area contributed by atoms with E-state index in [0.29, 0.717) is 36.2 Å². The van der Waals surface area contributed by atoms with Crippen LogP contribution < -0.4 is 15.6 Å². The zero-order valence-corrected chi connectivity index (χ0v) is 19.3. The van der Waals surface area contributed by atoms with Gasteiger partial charge in [-0.05, 0) is 55.3 Å². The lowest BCUT2D eigenvalue weighted by molar-refractivity contribution is 0.340. The first-order valence-electron chi connectivity index (χ1n) is 11.3. The molecule has 0 aliphatic rings. The maximum absolute atomic E-state index is 13.0. The third-order valence-corrected chi connectivity index (χ3v) is 5.87. The van der Waals surface area contributed by atoms with Crippen molar-refractivity contribution in [3.63, 3.8) is 0 Å². The fourth-order valence-corrected chi connectivity index (χ4v) is 4.19. The summed E-state index contributed by atoms with van der Waals surface area (Å²) in [5, 5.41) is 6.26. The predicted octanol–water partition coefficient (Wildman–Crippen LogP) is 5.22. The fraction of sp³-hybridized carbons (Fsp3) is 0.185. The number of H-pyrrole nitrogens is 1. The largest absolute Gasteiger partial charge is 0.494 e. The summed E-state index contributed by atoms with van der Waals surface area (Å²) in [6.07, 6.45) is 0.504. The highest BCUT2D eigenvalue weighted by Crippen LogP contribution is 2.24. The molecule has 2 aromatic heterocycles. The van der Waals surface area contributed by atoms with Crippen LogP contribution in [0.2, 0.25) is 0 Å². The van der Waals surface area contributed by atoms with Gasteiger partial charge in [0.1, 0.15) is 5.75 Å². The van der Waals surface area contributed by atoms with Gasteiger partial charge >= 0.3 is 0 Å². The van der Waals surface area contributed by atoms with Gasteiger partial charge in [-0.25, -0.2) is 15.0 Å². The molecule has 0 bridgehead atoms. The van der Waals surface area contributed by atoms with E-state index in [1.165, 1.54) is 0 Å². The smallest absolute Gasteiger partial charge is 0.256 e. The Morgan fingerprint density at radius 1 is 0.912 bits per heavy atom. The quantitative estimate of drug-likeness (QED) is 0.368. The minimum Gasteiger partial charge on any atom is -0.494 e. The van der Waals surface area contributed by atoms with Crippen LogP contribution in [0.1, 0.15) is 29.4 Å². The number of aromatic amines is 1. The van der Waals surface area contributed by atoms with Gasteiger partial charge in [0.05, 0.1) is 23.5 Å². The van der Waals surface area contributed by atoms with Gasteiger partial charge in [-0.1, -0.05) is 42.5 Å². The van der Waals surface area contributed by atoms with E-state index in [1.807, 2.05) is 57.2 Å². The van der Waals surface area contributed by atoms with Gasteiger partial charge in [0.25, 0.3) is 5.56 Å². The van der Waals surface area contributed by atoms with Gasteiger partial charge in [0.2, 0.25) is 11.9 Å². The van der Waals surface area contributed by atoms with Gasteiger partial charge in [-0.3, -0.25) is 15.1 Å². The van der Waals surface area contributed by atoms with Crippen molar-refractivity contribution in [1.29, 1.82) is 0 Å². The fourth-order valence-electron chi connectivity index (χ4n) is 4.19. The summed E-state index contributed by atoms with van der Waals surface area (Å²) < 4.78 is 5.58. The summed E-state index contributed by atoms with van der Waals surface area (Å²) in [4.78, 5) is 29.5. The Morgan fingerprint density at radius 2 is 1.74 bits per heavy atom. The molecule has 0 saturated carbocycles. The van der Waals surface area contributed by atoms with E-state index in [-0.39, 0.29) is 5.56 Å². The molecule has 5 aromatic rings. The average Bonchev–Trinajstić information content (AvgIpc) is 2.82. The molecule has 170 valence electrons. The zero-order chi connectivity index (χ0) is 23.7. The molecule has 2 N–H and O–H groups in total. The van der Waals surface area contributed by atoms with Crippen LogP contribution in [-0.4, -0.2) is 26.5 Å². The van der Waals surface area contributed by atoms with Crippen LogP contribution in [0.25, 0.3) is 21.7 Å². The number of hydrogen-bond donors (Lipinski definition) is 2. The normalized spacial score (nSPS) is 11.1. The molecule has 0 aliphatic carbocycles. The predicted molar refractivity (Wildman–Crippen MR) is 135 cm³/mol. The lowest BCUT2D eigenvalue weighted by atomic mass is 9.98. The second kappa shape index (κ2) is 8.94. The zero-order valence-electron chi connectivity index (χ0n) is 19.3. The molecule has 0 spiro atoms. The van der Waals surface area contributed by atoms with Gasteiger partial charge in [0, 0.05) is 17.4 Å². The Morgan fingerprint density at radius 3 is 2.56 bits per heavy atom. The second-order valence-corrected chi connectivity index (χ2v) is 8.16. The van der Waals surface area contributed by atoms with E-state index in [1.54, 1.807) is 0 Å². The number of benzene rings is 3. The van der Waals surface area contributed by atoms with Crippen molar-refractivity contribution in [3.05, 3.63) is 93.5 Å². The number of fused-ring (bicyclic) bond motifs is 2. The van der Waals surface area contributed by atoms with E-state index < -0.39 is 0 Å². The lowest BCUT2D eigenvalue weighted by Crippen LogP contribution is -2.19. The molecule has 7 nitrogen and oxygen atoms in total. The minimum atomic E-state index is -0.179. The number of aryl methyl sites for hydroxylation is 2. The highest BCUT2D eigenvalue weighted by atomic mass is 16.5.